The monoisotopic (exact) mass is 181 g/mol. The zero-order valence-electron chi connectivity index (χ0n) is 8.80. The molecule has 0 bridgehead atoms. The number of hydrogen-bond donors (Lipinski definition) is 1. The van der Waals surface area contributed by atoms with Crippen molar-refractivity contribution in [1.82, 2.24) is 15.1 Å². The van der Waals surface area contributed by atoms with Crippen molar-refractivity contribution in [3.05, 3.63) is 17.5 Å². The van der Waals surface area contributed by atoms with E-state index in [4.69, 9.17) is 0 Å². The number of rotatable bonds is 5. The molecule has 0 aliphatic carbocycles. The van der Waals surface area contributed by atoms with Gasteiger partial charge in [-0.1, -0.05) is 0 Å². The van der Waals surface area contributed by atoms with E-state index >= 15 is 0 Å². The minimum atomic E-state index is 0.970. The third kappa shape index (κ3) is 2.84. The molecule has 0 aromatic carbocycles. The van der Waals surface area contributed by atoms with E-state index in [1.54, 1.807) is 0 Å². The summed E-state index contributed by atoms with van der Waals surface area (Å²) < 4.78 is 2.05. The second-order valence-electron chi connectivity index (χ2n) is 3.30. The summed E-state index contributed by atoms with van der Waals surface area (Å²) in [6, 6.07) is 2.18. The zero-order chi connectivity index (χ0) is 9.68. The summed E-state index contributed by atoms with van der Waals surface area (Å²) in [7, 11) is 1.98. The van der Waals surface area contributed by atoms with Crippen LogP contribution in [0.15, 0.2) is 6.07 Å². The van der Waals surface area contributed by atoms with Crippen LogP contribution >= 0.6 is 0 Å². The highest BCUT2D eigenvalue weighted by Crippen LogP contribution is 2.04. The van der Waals surface area contributed by atoms with E-state index in [-0.39, 0.29) is 0 Å². The molecule has 0 atom stereocenters. The fourth-order valence-electron chi connectivity index (χ4n) is 1.47. The normalized spacial score (nSPS) is 10.7. The molecule has 0 aliphatic heterocycles. The van der Waals surface area contributed by atoms with Crippen LogP contribution in [0.4, 0.5) is 0 Å². The van der Waals surface area contributed by atoms with E-state index in [1.807, 2.05) is 7.05 Å². The smallest absolute Gasteiger partial charge is 0.0627 e. The van der Waals surface area contributed by atoms with Gasteiger partial charge in [-0.25, -0.2) is 0 Å². The first kappa shape index (κ1) is 10.3. The predicted octanol–water partition coefficient (Wildman–Crippen LogP) is 1.36. The fourth-order valence-corrected chi connectivity index (χ4v) is 1.47. The van der Waals surface area contributed by atoms with E-state index in [0.29, 0.717) is 0 Å². The molecule has 0 unspecified atom stereocenters. The molecule has 0 fully saturated rings. The van der Waals surface area contributed by atoms with Crippen LogP contribution in [0.1, 0.15) is 24.7 Å². The van der Waals surface area contributed by atoms with Gasteiger partial charge < -0.3 is 5.32 Å². The highest BCUT2D eigenvalue weighted by atomic mass is 15.3. The van der Waals surface area contributed by atoms with Gasteiger partial charge in [0.2, 0.25) is 0 Å². The number of aryl methyl sites for hydroxylation is 3. The molecule has 0 spiro atoms. The molecule has 0 saturated carbocycles. The Morgan fingerprint density at radius 3 is 2.85 bits per heavy atom. The average Bonchev–Trinajstić information content (AvgIpc) is 2.47. The Kier molecular flexibility index (Phi) is 3.96. The zero-order valence-corrected chi connectivity index (χ0v) is 8.80. The maximum Gasteiger partial charge on any atom is 0.0627 e. The summed E-state index contributed by atoms with van der Waals surface area (Å²) in [5.41, 5.74) is 2.48. The van der Waals surface area contributed by atoms with Gasteiger partial charge in [0, 0.05) is 12.2 Å². The Labute approximate surface area is 80.1 Å². The first-order chi connectivity index (χ1) is 6.27. The Balaban J connectivity index is 2.48. The van der Waals surface area contributed by atoms with Crippen molar-refractivity contribution < 1.29 is 0 Å². The van der Waals surface area contributed by atoms with E-state index in [2.05, 4.69) is 35.0 Å². The maximum absolute atomic E-state index is 4.49. The Morgan fingerprint density at radius 2 is 2.31 bits per heavy atom. The lowest BCUT2D eigenvalue weighted by atomic mass is 10.2. The molecule has 1 aromatic rings. The minimum Gasteiger partial charge on any atom is -0.320 e. The van der Waals surface area contributed by atoms with Crippen molar-refractivity contribution >= 4 is 0 Å². The molecule has 1 rings (SSSR count). The van der Waals surface area contributed by atoms with Crippen LogP contribution in [0.2, 0.25) is 0 Å². The largest absolute Gasteiger partial charge is 0.320 e. The number of nitrogens with zero attached hydrogens (tertiary/aromatic N) is 2. The summed E-state index contributed by atoms with van der Waals surface area (Å²) in [5, 5.41) is 7.63. The number of aromatic nitrogens is 2. The van der Waals surface area contributed by atoms with Gasteiger partial charge in [0.25, 0.3) is 0 Å². The van der Waals surface area contributed by atoms with Crippen molar-refractivity contribution in [2.24, 2.45) is 0 Å². The molecule has 0 saturated heterocycles. The SMILES string of the molecule is CCn1nc(CCCNC)cc1C. The molecule has 3 heteroatoms. The van der Waals surface area contributed by atoms with Gasteiger partial charge in [-0.05, 0) is 46.3 Å². The lowest BCUT2D eigenvalue weighted by molar-refractivity contribution is 0.621. The molecule has 0 amide bonds. The van der Waals surface area contributed by atoms with E-state index in [9.17, 15) is 0 Å². The van der Waals surface area contributed by atoms with E-state index in [1.165, 1.54) is 11.4 Å². The summed E-state index contributed by atoms with van der Waals surface area (Å²) >= 11 is 0. The third-order valence-electron chi connectivity index (χ3n) is 2.19. The van der Waals surface area contributed by atoms with Gasteiger partial charge in [0.05, 0.1) is 5.69 Å². The average molecular weight is 181 g/mol. The molecule has 13 heavy (non-hydrogen) atoms. The van der Waals surface area contributed by atoms with Gasteiger partial charge >= 0.3 is 0 Å². The Hall–Kier alpha value is -0.830. The van der Waals surface area contributed by atoms with Crippen molar-refractivity contribution in [3.8, 4) is 0 Å². The predicted molar refractivity (Wildman–Crippen MR) is 54.9 cm³/mol. The molecule has 0 radical (unpaired) electrons. The Bertz CT molecular complexity index is 253. The van der Waals surface area contributed by atoms with Crippen LogP contribution in [-0.2, 0) is 13.0 Å². The summed E-state index contributed by atoms with van der Waals surface area (Å²) in [6.45, 7) is 6.27. The van der Waals surface area contributed by atoms with Crippen molar-refractivity contribution in [2.75, 3.05) is 13.6 Å². The molecule has 74 valence electrons. The van der Waals surface area contributed by atoms with Gasteiger partial charge in [0.15, 0.2) is 0 Å². The highest BCUT2D eigenvalue weighted by Gasteiger charge is 2.01. The van der Waals surface area contributed by atoms with Crippen LogP contribution in [0.3, 0.4) is 0 Å². The first-order valence-electron chi connectivity index (χ1n) is 4.96. The quantitative estimate of drug-likeness (QED) is 0.695. The van der Waals surface area contributed by atoms with E-state index < -0.39 is 0 Å². The molecule has 3 nitrogen and oxygen atoms in total. The highest BCUT2D eigenvalue weighted by molar-refractivity contribution is 5.08. The molecular weight excluding hydrogens is 162 g/mol. The summed E-state index contributed by atoms with van der Waals surface area (Å²) in [4.78, 5) is 0. The molecule has 1 aromatic heterocycles. The number of nitrogens with one attached hydrogen (secondary N) is 1. The standard InChI is InChI=1S/C10H19N3/c1-4-13-9(2)8-10(12-13)6-5-7-11-3/h8,11H,4-7H2,1-3H3. The lowest BCUT2D eigenvalue weighted by Crippen LogP contribution is -2.08. The van der Waals surface area contributed by atoms with E-state index in [0.717, 1.165) is 25.9 Å². The van der Waals surface area contributed by atoms with Gasteiger partial charge in [-0.15, -0.1) is 0 Å². The topological polar surface area (TPSA) is 29.9 Å². The van der Waals surface area contributed by atoms with Crippen LogP contribution in [0, 0.1) is 6.92 Å². The molecule has 1 heterocycles. The van der Waals surface area contributed by atoms with Gasteiger partial charge in [0.1, 0.15) is 0 Å². The first-order valence-corrected chi connectivity index (χ1v) is 4.96. The van der Waals surface area contributed by atoms with Crippen LogP contribution in [0.25, 0.3) is 0 Å². The fraction of sp³-hybridized carbons (Fsp3) is 0.700. The lowest BCUT2D eigenvalue weighted by Gasteiger charge is -1.97. The van der Waals surface area contributed by atoms with Gasteiger partial charge in [-0.2, -0.15) is 5.10 Å². The van der Waals surface area contributed by atoms with Crippen molar-refractivity contribution in [3.63, 3.8) is 0 Å². The minimum absolute atomic E-state index is 0.970. The second-order valence-corrected chi connectivity index (χ2v) is 3.30. The van der Waals surface area contributed by atoms with Crippen LogP contribution < -0.4 is 5.32 Å². The summed E-state index contributed by atoms with van der Waals surface area (Å²) in [6.07, 6.45) is 2.24. The number of hydrogen-bond acceptors (Lipinski definition) is 2. The van der Waals surface area contributed by atoms with Crippen molar-refractivity contribution in [2.45, 2.75) is 33.2 Å². The summed E-state index contributed by atoms with van der Waals surface area (Å²) in [5.74, 6) is 0. The third-order valence-corrected chi connectivity index (χ3v) is 2.19. The van der Waals surface area contributed by atoms with Gasteiger partial charge in [-0.3, -0.25) is 4.68 Å². The molecular formula is C10H19N3. The van der Waals surface area contributed by atoms with Crippen LogP contribution in [-0.4, -0.2) is 23.4 Å². The van der Waals surface area contributed by atoms with Crippen molar-refractivity contribution in [1.29, 1.82) is 0 Å². The maximum atomic E-state index is 4.49. The van der Waals surface area contributed by atoms with Crippen LogP contribution in [0.5, 0.6) is 0 Å². The Morgan fingerprint density at radius 1 is 1.54 bits per heavy atom. The molecule has 1 N–H and O–H groups in total. The second kappa shape index (κ2) is 5.02. The molecule has 0 aliphatic rings.